The highest BCUT2D eigenvalue weighted by Crippen LogP contribution is 2.24. The number of anilines is 1. The van der Waals surface area contributed by atoms with E-state index in [1.807, 2.05) is 12.1 Å². The van der Waals surface area contributed by atoms with E-state index in [0.717, 1.165) is 42.8 Å². The number of hydrogen-bond donors (Lipinski definition) is 1. The summed E-state index contributed by atoms with van der Waals surface area (Å²) in [7, 11) is 0. The average Bonchev–Trinajstić information content (AvgIpc) is 3.05. The molecule has 0 radical (unpaired) electrons. The molecule has 6 nitrogen and oxygen atoms in total. The molecule has 4 rings (SSSR count). The van der Waals surface area contributed by atoms with Crippen LogP contribution in [0.15, 0.2) is 24.3 Å². The first-order chi connectivity index (χ1) is 12.2. The number of benzene rings is 1. The smallest absolute Gasteiger partial charge is 0.297 e. The molecule has 0 saturated carbocycles. The maximum absolute atomic E-state index is 13.0. The minimum absolute atomic E-state index is 0.430. The van der Waals surface area contributed by atoms with Gasteiger partial charge in [-0.15, -0.1) is 10.2 Å². The fraction of sp³-hybridized carbons (Fsp3) is 0.412. The molecule has 25 heavy (non-hydrogen) atoms. The highest BCUT2D eigenvalue weighted by molar-refractivity contribution is 5.88. The van der Waals surface area contributed by atoms with Crippen molar-refractivity contribution in [3.05, 3.63) is 41.7 Å². The lowest BCUT2D eigenvalue weighted by Gasteiger charge is -2.15. The van der Waals surface area contributed by atoms with E-state index in [1.165, 1.54) is 0 Å². The van der Waals surface area contributed by atoms with Gasteiger partial charge in [-0.1, -0.05) is 12.1 Å². The number of hydrogen-bond acceptors (Lipinski definition) is 5. The van der Waals surface area contributed by atoms with Crippen molar-refractivity contribution in [1.29, 1.82) is 0 Å². The van der Waals surface area contributed by atoms with Crippen LogP contribution >= 0.6 is 0 Å². The van der Waals surface area contributed by atoms with Crippen LogP contribution in [0.4, 0.5) is 14.6 Å². The van der Waals surface area contributed by atoms with E-state index < -0.39 is 12.2 Å². The molecule has 0 aliphatic carbocycles. The second-order valence-electron chi connectivity index (χ2n) is 6.07. The summed E-state index contributed by atoms with van der Waals surface area (Å²) in [5, 5.41) is 12.4. The monoisotopic (exact) mass is 344 g/mol. The Morgan fingerprint density at radius 3 is 2.88 bits per heavy atom. The van der Waals surface area contributed by atoms with Crippen molar-refractivity contribution in [2.45, 2.75) is 38.7 Å². The summed E-state index contributed by atoms with van der Waals surface area (Å²) in [5.41, 5.74) is 0.509. The van der Waals surface area contributed by atoms with Gasteiger partial charge in [-0.2, -0.15) is 0 Å². The normalized spacial score (nSPS) is 14.0. The number of aryl methyl sites for hydroxylation is 1. The van der Waals surface area contributed by atoms with Crippen LogP contribution in [-0.2, 0) is 19.4 Å². The molecule has 0 amide bonds. The highest BCUT2D eigenvalue weighted by Gasteiger charge is 2.17. The quantitative estimate of drug-likeness (QED) is 0.770. The van der Waals surface area contributed by atoms with E-state index in [9.17, 15) is 8.78 Å². The average molecular weight is 344 g/mol. The molecule has 0 saturated heterocycles. The van der Waals surface area contributed by atoms with Crippen LogP contribution in [0.1, 0.15) is 36.7 Å². The standard InChI is InChI=1S/C17H18F2N6/c18-15(19)17-21-12-6-2-1-5-11(12)16(22-17)20-9-8-14-24-23-13-7-3-4-10-25(13)14/h1-2,5-6,15H,3-4,7-10H2,(H,20,21,22). The summed E-state index contributed by atoms with van der Waals surface area (Å²) in [6.07, 6.45) is 1.22. The van der Waals surface area contributed by atoms with Gasteiger partial charge in [0, 0.05) is 31.3 Å². The molecule has 3 heterocycles. The van der Waals surface area contributed by atoms with E-state index in [4.69, 9.17) is 0 Å². The van der Waals surface area contributed by atoms with E-state index in [1.54, 1.807) is 12.1 Å². The van der Waals surface area contributed by atoms with Crippen molar-refractivity contribution in [3.63, 3.8) is 0 Å². The molecule has 0 spiro atoms. The van der Waals surface area contributed by atoms with Crippen LogP contribution < -0.4 is 5.32 Å². The van der Waals surface area contributed by atoms with Crippen molar-refractivity contribution in [3.8, 4) is 0 Å². The summed E-state index contributed by atoms with van der Waals surface area (Å²) in [5.74, 6) is 1.93. The molecular formula is C17H18F2N6. The van der Waals surface area contributed by atoms with Gasteiger partial charge in [-0.05, 0) is 25.0 Å². The predicted molar refractivity (Wildman–Crippen MR) is 89.6 cm³/mol. The Kier molecular flexibility index (Phi) is 4.25. The zero-order chi connectivity index (χ0) is 17.2. The number of rotatable bonds is 5. The van der Waals surface area contributed by atoms with Crippen LogP contribution in [0.25, 0.3) is 10.9 Å². The van der Waals surface area contributed by atoms with Crippen molar-refractivity contribution >= 4 is 16.7 Å². The van der Waals surface area contributed by atoms with Gasteiger partial charge >= 0.3 is 0 Å². The Morgan fingerprint density at radius 2 is 2.00 bits per heavy atom. The third-order valence-electron chi connectivity index (χ3n) is 4.39. The number of para-hydroxylation sites is 1. The molecule has 1 aliphatic rings. The fourth-order valence-corrected chi connectivity index (χ4v) is 3.17. The van der Waals surface area contributed by atoms with Crippen LogP contribution in [0.5, 0.6) is 0 Å². The molecule has 0 bridgehead atoms. The van der Waals surface area contributed by atoms with Gasteiger partial charge in [0.15, 0.2) is 5.82 Å². The molecule has 1 aromatic carbocycles. The molecule has 3 aromatic rings. The van der Waals surface area contributed by atoms with Crippen molar-refractivity contribution < 1.29 is 8.78 Å². The third kappa shape index (κ3) is 3.16. The Morgan fingerprint density at radius 1 is 1.12 bits per heavy atom. The van der Waals surface area contributed by atoms with Gasteiger partial charge in [0.25, 0.3) is 6.43 Å². The number of halogens is 2. The predicted octanol–water partition coefficient (Wildman–Crippen LogP) is 3.15. The van der Waals surface area contributed by atoms with Gasteiger partial charge in [-0.25, -0.2) is 18.7 Å². The Balaban J connectivity index is 1.53. The Bertz CT molecular complexity index is 892. The lowest BCUT2D eigenvalue weighted by molar-refractivity contribution is 0.141. The highest BCUT2D eigenvalue weighted by atomic mass is 19.3. The van der Waals surface area contributed by atoms with Gasteiger partial charge in [-0.3, -0.25) is 0 Å². The van der Waals surface area contributed by atoms with Gasteiger partial charge < -0.3 is 9.88 Å². The Hall–Kier alpha value is -2.64. The minimum Gasteiger partial charge on any atom is -0.369 e. The van der Waals surface area contributed by atoms with Crippen molar-refractivity contribution in [2.24, 2.45) is 0 Å². The van der Waals surface area contributed by atoms with Gasteiger partial charge in [0.05, 0.1) is 5.52 Å². The number of nitrogens with one attached hydrogen (secondary N) is 1. The van der Waals surface area contributed by atoms with Crippen molar-refractivity contribution in [2.75, 3.05) is 11.9 Å². The number of aromatic nitrogens is 5. The largest absolute Gasteiger partial charge is 0.369 e. The third-order valence-corrected chi connectivity index (χ3v) is 4.39. The number of nitrogens with zero attached hydrogens (tertiary/aromatic N) is 5. The summed E-state index contributed by atoms with van der Waals surface area (Å²) in [6.45, 7) is 1.49. The molecule has 1 N–H and O–H groups in total. The topological polar surface area (TPSA) is 68.5 Å². The first-order valence-electron chi connectivity index (χ1n) is 8.42. The van der Waals surface area contributed by atoms with E-state index in [-0.39, 0.29) is 0 Å². The van der Waals surface area contributed by atoms with E-state index in [0.29, 0.717) is 24.3 Å². The first-order valence-corrected chi connectivity index (χ1v) is 8.42. The summed E-state index contributed by atoms with van der Waals surface area (Å²) >= 11 is 0. The molecule has 130 valence electrons. The molecule has 0 unspecified atom stereocenters. The molecule has 1 aliphatic heterocycles. The zero-order valence-corrected chi connectivity index (χ0v) is 13.6. The van der Waals surface area contributed by atoms with Crippen molar-refractivity contribution in [1.82, 2.24) is 24.7 Å². The van der Waals surface area contributed by atoms with Crippen LogP contribution in [0.2, 0.25) is 0 Å². The summed E-state index contributed by atoms with van der Waals surface area (Å²) < 4.78 is 28.2. The first kappa shape index (κ1) is 15.9. The molecule has 0 fully saturated rings. The molecule has 8 heteroatoms. The fourth-order valence-electron chi connectivity index (χ4n) is 3.17. The second-order valence-corrected chi connectivity index (χ2v) is 6.07. The van der Waals surface area contributed by atoms with E-state index in [2.05, 4.69) is 30.0 Å². The SMILES string of the molecule is FC(F)c1nc(NCCc2nnc3n2CCCC3)c2ccccc2n1. The zero-order valence-electron chi connectivity index (χ0n) is 13.6. The number of fused-ring (bicyclic) bond motifs is 2. The molecule has 2 aromatic heterocycles. The van der Waals surface area contributed by atoms with Crippen LogP contribution in [-0.4, -0.2) is 31.3 Å². The maximum Gasteiger partial charge on any atom is 0.297 e. The lowest BCUT2D eigenvalue weighted by atomic mass is 10.1. The summed E-state index contributed by atoms with van der Waals surface area (Å²) in [4.78, 5) is 7.92. The molecule has 0 atom stereocenters. The summed E-state index contributed by atoms with van der Waals surface area (Å²) in [6, 6.07) is 7.15. The number of alkyl halides is 2. The lowest BCUT2D eigenvalue weighted by Crippen LogP contribution is -2.16. The second kappa shape index (κ2) is 6.70. The van der Waals surface area contributed by atoms with Crippen LogP contribution in [0.3, 0.4) is 0 Å². The minimum atomic E-state index is -2.70. The van der Waals surface area contributed by atoms with Gasteiger partial charge in [0.1, 0.15) is 17.5 Å². The maximum atomic E-state index is 13.0. The van der Waals surface area contributed by atoms with Gasteiger partial charge in [0.2, 0.25) is 0 Å². The van der Waals surface area contributed by atoms with E-state index >= 15 is 0 Å². The Labute approximate surface area is 143 Å². The van der Waals surface area contributed by atoms with Crippen LogP contribution in [0, 0.1) is 0 Å². The molecular weight excluding hydrogens is 326 g/mol.